The first-order chi connectivity index (χ1) is 9.09. The van der Waals surface area contributed by atoms with Crippen molar-refractivity contribution in [3.8, 4) is 11.1 Å². The standard InChI is InChI=1S/C16H14O3/c1-11(17)16-13(10-15(18)19)8-5-9-14(16)12-6-3-2-4-7-12/h2-9H,10H2,1H3,(H,18,19). The summed E-state index contributed by atoms with van der Waals surface area (Å²) in [6.07, 6.45) is -0.143. The Morgan fingerprint density at radius 1 is 1.00 bits per heavy atom. The molecule has 0 fully saturated rings. The summed E-state index contributed by atoms with van der Waals surface area (Å²) in [6, 6.07) is 14.8. The fourth-order valence-corrected chi connectivity index (χ4v) is 2.18. The van der Waals surface area contributed by atoms with Crippen LogP contribution in [0, 0.1) is 0 Å². The van der Waals surface area contributed by atoms with E-state index in [0.717, 1.165) is 11.1 Å². The minimum atomic E-state index is -0.937. The fraction of sp³-hybridized carbons (Fsp3) is 0.125. The minimum absolute atomic E-state index is 0.115. The molecule has 1 N–H and O–H groups in total. The van der Waals surface area contributed by atoms with Crippen LogP contribution in [0.1, 0.15) is 22.8 Å². The number of aliphatic carboxylic acids is 1. The number of benzene rings is 2. The van der Waals surface area contributed by atoms with Crippen LogP contribution in [0.4, 0.5) is 0 Å². The highest BCUT2D eigenvalue weighted by molar-refractivity contribution is 6.03. The van der Waals surface area contributed by atoms with Crippen LogP contribution < -0.4 is 0 Å². The van der Waals surface area contributed by atoms with E-state index in [0.29, 0.717) is 11.1 Å². The van der Waals surface area contributed by atoms with Crippen LogP contribution >= 0.6 is 0 Å². The van der Waals surface area contributed by atoms with Crippen LogP contribution in [0.2, 0.25) is 0 Å². The summed E-state index contributed by atoms with van der Waals surface area (Å²) in [4.78, 5) is 22.7. The molecule has 0 spiro atoms. The van der Waals surface area contributed by atoms with Crippen molar-refractivity contribution in [2.24, 2.45) is 0 Å². The Labute approximate surface area is 111 Å². The number of carboxylic acids is 1. The molecule has 19 heavy (non-hydrogen) atoms. The van der Waals surface area contributed by atoms with E-state index in [2.05, 4.69) is 0 Å². The first-order valence-electron chi connectivity index (χ1n) is 5.99. The average molecular weight is 254 g/mol. The number of hydrogen-bond acceptors (Lipinski definition) is 2. The zero-order valence-corrected chi connectivity index (χ0v) is 10.6. The Bertz CT molecular complexity index is 615. The number of rotatable bonds is 4. The molecule has 3 nitrogen and oxygen atoms in total. The van der Waals surface area contributed by atoms with Gasteiger partial charge in [-0.05, 0) is 23.6 Å². The van der Waals surface area contributed by atoms with Crippen LogP contribution in [0.3, 0.4) is 0 Å². The van der Waals surface area contributed by atoms with Crippen molar-refractivity contribution in [1.29, 1.82) is 0 Å². The monoisotopic (exact) mass is 254 g/mol. The zero-order valence-electron chi connectivity index (χ0n) is 10.6. The molecule has 0 aromatic heterocycles. The molecular formula is C16H14O3. The number of carbonyl (C=O) groups is 2. The molecule has 2 aromatic rings. The minimum Gasteiger partial charge on any atom is -0.481 e. The fourth-order valence-electron chi connectivity index (χ4n) is 2.18. The van der Waals surface area contributed by atoms with Crippen molar-refractivity contribution in [2.75, 3.05) is 0 Å². The third kappa shape index (κ3) is 2.88. The summed E-state index contributed by atoms with van der Waals surface area (Å²) >= 11 is 0. The smallest absolute Gasteiger partial charge is 0.307 e. The third-order valence-corrected chi connectivity index (χ3v) is 2.93. The van der Waals surface area contributed by atoms with E-state index >= 15 is 0 Å². The van der Waals surface area contributed by atoms with E-state index < -0.39 is 5.97 Å². The molecule has 2 rings (SSSR count). The number of hydrogen-bond donors (Lipinski definition) is 1. The van der Waals surface area contributed by atoms with Gasteiger partial charge in [0.1, 0.15) is 0 Å². The highest BCUT2D eigenvalue weighted by Gasteiger charge is 2.15. The molecule has 0 heterocycles. The molecule has 0 unspecified atom stereocenters. The Kier molecular flexibility index (Phi) is 3.76. The van der Waals surface area contributed by atoms with E-state index in [1.165, 1.54) is 6.92 Å². The lowest BCUT2D eigenvalue weighted by Gasteiger charge is -2.11. The van der Waals surface area contributed by atoms with Gasteiger partial charge >= 0.3 is 5.97 Å². The van der Waals surface area contributed by atoms with E-state index in [-0.39, 0.29) is 12.2 Å². The second-order valence-corrected chi connectivity index (χ2v) is 4.33. The normalized spacial score (nSPS) is 10.2. The second kappa shape index (κ2) is 5.48. The van der Waals surface area contributed by atoms with Gasteiger partial charge in [0, 0.05) is 5.56 Å². The summed E-state index contributed by atoms with van der Waals surface area (Å²) in [6.45, 7) is 1.47. The number of carboxylic acid groups (broad SMARTS) is 1. The Balaban J connectivity index is 2.61. The number of carbonyl (C=O) groups excluding carboxylic acids is 1. The molecule has 0 atom stereocenters. The van der Waals surface area contributed by atoms with Gasteiger partial charge in [-0.15, -0.1) is 0 Å². The zero-order chi connectivity index (χ0) is 13.8. The highest BCUT2D eigenvalue weighted by atomic mass is 16.4. The first-order valence-corrected chi connectivity index (χ1v) is 5.99. The van der Waals surface area contributed by atoms with Gasteiger partial charge in [0.25, 0.3) is 0 Å². The SMILES string of the molecule is CC(=O)c1c(CC(=O)O)cccc1-c1ccccc1. The van der Waals surface area contributed by atoms with Crippen molar-refractivity contribution in [1.82, 2.24) is 0 Å². The van der Waals surface area contributed by atoms with Gasteiger partial charge in [0.2, 0.25) is 0 Å². The Hall–Kier alpha value is -2.42. The maximum absolute atomic E-state index is 11.8. The molecule has 2 aromatic carbocycles. The molecule has 0 bridgehead atoms. The van der Waals surface area contributed by atoms with Gasteiger partial charge in [-0.25, -0.2) is 0 Å². The Morgan fingerprint density at radius 3 is 2.26 bits per heavy atom. The lowest BCUT2D eigenvalue weighted by atomic mass is 9.92. The van der Waals surface area contributed by atoms with Crippen LogP contribution in [-0.2, 0) is 11.2 Å². The van der Waals surface area contributed by atoms with Crippen molar-refractivity contribution in [3.63, 3.8) is 0 Å². The van der Waals surface area contributed by atoms with Crippen molar-refractivity contribution >= 4 is 11.8 Å². The topological polar surface area (TPSA) is 54.4 Å². The largest absolute Gasteiger partial charge is 0.481 e. The number of Topliss-reactive ketones (excluding diaryl/α,β-unsaturated/α-hetero) is 1. The summed E-state index contributed by atoms with van der Waals surface area (Å²) < 4.78 is 0. The number of ketones is 1. The molecule has 0 saturated heterocycles. The van der Waals surface area contributed by atoms with Crippen molar-refractivity contribution in [3.05, 3.63) is 59.7 Å². The molecule has 0 aliphatic carbocycles. The van der Waals surface area contributed by atoms with E-state index in [1.54, 1.807) is 12.1 Å². The van der Waals surface area contributed by atoms with Gasteiger partial charge in [-0.2, -0.15) is 0 Å². The molecule has 3 heteroatoms. The predicted octanol–water partition coefficient (Wildman–Crippen LogP) is 3.18. The maximum atomic E-state index is 11.8. The van der Waals surface area contributed by atoms with Gasteiger partial charge < -0.3 is 5.11 Å². The Morgan fingerprint density at radius 2 is 1.68 bits per heavy atom. The van der Waals surface area contributed by atoms with Crippen LogP contribution in [0.5, 0.6) is 0 Å². The van der Waals surface area contributed by atoms with Crippen molar-refractivity contribution < 1.29 is 14.7 Å². The molecule has 0 aliphatic rings. The summed E-state index contributed by atoms with van der Waals surface area (Å²) in [5.74, 6) is -1.05. The maximum Gasteiger partial charge on any atom is 0.307 e. The van der Waals surface area contributed by atoms with Crippen LogP contribution in [0.15, 0.2) is 48.5 Å². The van der Waals surface area contributed by atoms with E-state index in [4.69, 9.17) is 5.11 Å². The molecule has 0 saturated carbocycles. The molecule has 0 aliphatic heterocycles. The molecule has 96 valence electrons. The molecular weight excluding hydrogens is 240 g/mol. The molecule has 0 radical (unpaired) electrons. The van der Waals surface area contributed by atoms with Gasteiger partial charge in [-0.1, -0.05) is 48.5 Å². The average Bonchev–Trinajstić information content (AvgIpc) is 2.38. The lowest BCUT2D eigenvalue weighted by Crippen LogP contribution is -2.08. The third-order valence-electron chi connectivity index (χ3n) is 2.93. The van der Waals surface area contributed by atoms with Gasteiger partial charge in [0.15, 0.2) is 5.78 Å². The highest BCUT2D eigenvalue weighted by Crippen LogP contribution is 2.27. The lowest BCUT2D eigenvalue weighted by molar-refractivity contribution is -0.136. The van der Waals surface area contributed by atoms with E-state index in [1.807, 2.05) is 36.4 Å². The predicted molar refractivity (Wildman–Crippen MR) is 73.2 cm³/mol. The van der Waals surface area contributed by atoms with Gasteiger partial charge in [-0.3, -0.25) is 9.59 Å². The summed E-state index contributed by atoms with van der Waals surface area (Å²) in [5, 5.41) is 8.92. The van der Waals surface area contributed by atoms with E-state index in [9.17, 15) is 9.59 Å². The van der Waals surface area contributed by atoms with Crippen LogP contribution in [0.25, 0.3) is 11.1 Å². The van der Waals surface area contributed by atoms with Crippen molar-refractivity contribution in [2.45, 2.75) is 13.3 Å². The molecule has 0 amide bonds. The quantitative estimate of drug-likeness (QED) is 0.852. The second-order valence-electron chi connectivity index (χ2n) is 4.33. The summed E-state index contributed by atoms with van der Waals surface area (Å²) in [5.41, 5.74) is 2.75. The van der Waals surface area contributed by atoms with Gasteiger partial charge in [0.05, 0.1) is 6.42 Å². The summed E-state index contributed by atoms with van der Waals surface area (Å²) in [7, 11) is 0. The first kappa shape index (κ1) is 13.0. The van der Waals surface area contributed by atoms with Crippen LogP contribution in [-0.4, -0.2) is 16.9 Å².